The van der Waals surface area contributed by atoms with E-state index in [2.05, 4.69) is 16.0 Å². The predicted octanol–water partition coefficient (Wildman–Crippen LogP) is -1.63. The number of hydrogen-bond donors (Lipinski definition) is 8. The monoisotopic (exact) mass is 503 g/mol. The second-order valence-corrected chi connectivity index (χ2v) is 8.45. The molecule has 0 fully saturated rings. The van der Waals surface area contributed by atoms with E-state index in [1.54, 1.807) is 13.8 Å². The molecule has 10 N–H and O–H groups in total. The van der Waals surface area contributed by atoms with E-state index < -0.39 is 72.1 Å². The number of nitrogens with two attached hydrogens (primary N) is 2. The first-order chi connectivity index (χ1) is 16.3. The first kappa shape index (κ1) is 31.7. The van der Waals surface area contributed by atoms with Gasteiger partial charge in [0.25, 0.3) is 0 Å². The lowest BCUT2D eigenvalue weighted by molar-refractivity contribution is -0.143. The average Bonchev–Trinajstić information content (AvgIpc) is 2.76. The van der Waals surface area contributed by atoms with Gasteiger partial charge in [-0.1, -0.05) is 13.8 Å². The fourth-order valence-corrected chi connectivity index (χ4v) is 3.03. The number of rotatable bonds is 18. The second kappa shape index (κ2) is 16.4. The highest BCUT2D eigenvalue weighted by atomic mass is 16.4. The van der Waals surface area contributed by atoms with Crippen LogP contribution < -0.4 is 27.4 Å². The molecule has 0 aromatic rings. The van der Waals surface area contributed by atoms with Crippen molar-refractivity contribution >= 4 is 35.6 Å². The first-order valence-electron chi connectivity index (χ1n) is 11.3. The molecule has 0 saturated carbocycles. The number of carboxylic acid groups (broad SMARTS) is 3. The zero-order valence-corrected chi connectivity index (χ0v) is 20.0. The van der Waals surface area contributed by atoms with Gasteiger partial charge in [-0.05, 0) is 44.6 Å². The molecule has 4 unspecified atom stereocenters. The number of amides is 3. The van der Waals surface area contributed by atoms with Gasteiger partial charge in [-0.2, -0.15) is 0 Å². The van der Waals surface area contributed by atoms with E-state index in [4.69, 9.17) is 21.7 Å². The maximum atomic E-state index is 12.9. The molecule has 0 radical (unpaired) electrons. The fraction of sp³-hybridized carbons (Fsp3) is 0.714. The maximum Gasteiger partial charge on any atom is 0.326 e. The molecule has 200 valence electrons. The first-order valence-corrected chi connectivity index (χ1v) is 11.3. The van der Waals surface area contributed by atoms with E-state index in [9.17, 15) is 33.9 Å². The van der Waals surface area contributed by atoms with Gasteiger partial charge in [0.05, 0.1) is 6.04 Å². The Bertz CT molecular complexity index is 759. The van der Waals surface area contributed by atoms with E-state index in [0.717, 1.165) is 0 Å². The molecular weight excluding hydrogens is 466 g/mol. The topological polar surface area (TPSA) is 251 Å². The predicted molar refractivity (Wildman–Crippen MR) is 123 cm³/mol. The highest BCUT2D eigenvalue weighted by Gasteiger charge is 2.32. The Labute approximate surface area is 203 Å². The standard InChI is InChI=1S/C21H37N5O9/c1-11(2)17(26-18(31)12(23)6-8-15(27)28)20(33)24-13(7-9-16(29)30)19(32)25-14(21(34)35)5-3-4-10-22/h11-14,17H,3-10,22-23H2,1-2H3,(H,24,33)(H,25,32)(H,26,31)(H,27,28)(H,29,30)(H,34,35). The van der Waals surface area contributed by atoms with Crippen LogP contribution in [0, 0.1) is 5.92 Å². The van der Waals surface area contributed by atoms with Crippen molar-refractivity contribution in [1.82, 2.24) is 16.0 Å². The number of unbranched alkanes of at least 4 members (excludes halogenated alkanes) is 1. The van der Waals surface area contributed by atoms with Gasteiger partial charge in [0.2, 0.25) is 17.7 Å². The number of carboxylic acids is 3. The van der Waals surface area contributed by atoms with Crippen LogP contribution in [0.4, 0.5) is 0 Å². The summed E-state index contributed by atoms with van der Waals surface area (Å²) in [5.74, 6) is -6.59. The quantitative estimate of drug-likeness (QED) is 0.0985. The molecule has 0 aliphatic carbocycles. The molecule has 0 aromatic carbocycles. The van der Waals surface area contributed by atoms with E-state index >= 15 is 0 Å². The van der Waals surface area contributed by atoms with Crippen molar-refractivity contribution in [2.75, 3.05) is 6.54 Å². The van der Waals surface area contributed by atoms with Crippen LogP contribution in [-0.4, -0.2) is 81.7 Å². The minimum Gasteiger partial charge on any atom is -0.481 e. The lowest BCUT2D eigenvalue weighted by Crippen LogP contribution is -2.58. The van der Waals surface area contributed by atoms with E-state index in [1.807, 2.05) is 0 Å². The van der Waals surface area contributed by atoms with Gasteiger partial charge in [0.15, 0.2) is 0 Å². The van der Waals surface area contributed by atoms with Crippen molar-refractivity contribution in [3.63, 3.8) is 0 Å². The Balaban J connectivity index is 5.43. The van der Waals surface area contributed by atoms with Crippen LogP contribution in [0.3, 0.4) is 0 Å². The van der Waals surface area contributed by atoms with E-state index in [0.29, 0.717) is 19.4 Å². The summed E-state index contributed by atoms with van der Waals surface area (Å²) >= 11 is 0. The van der Waals surface area contributed by atoms with Crippen LogP contribution in [-0.2, 0) is 28.8 Å². The van der Waals surface area contributed by atoms with Crippen LogP contribution in [0.25, 0.3) is 0 Å². The fourth-order valence-electron chi connectivity index (χ4n) is 3.03. The van der Waals surface area contributed by atoms with Crippen molar-refractivity contribution in [3.05, 3.63) is 0 Å². The van der Waals surface area contributed by atoms with E-state index in [-0.39, 0.29) is 25.7 Å². The van der Waals surface area contributed by atoms with Crippen molar-refractivity contribution in [1.29, 1.82) is 0 Å². The summed E-state index contributed by atoms with van der Waals surface area (Å²) in [5, 5.41) is 34.2. The summed E-state index contributed by atoms with van der Waals surface area (Å²) in [5.41, 5.74) is 11.1. The summed E-state index contributed by atoms with van der Waals surface area (Å²) < 4.78 is 0. The molecule has 3 amide bonds. The third-order valence-electron chi connectivity index (χ3n) is 5.09. The normalized spacial score (nSPS) is 14.3. The SMILES string of the molecule is CC(C)C(NC(=O)C(N)CCC(=O)O)C(=O)NC(CCC(=O)O)C(=O)NC(CCCCN)C(=O)O. The molecular formula is C21H37N5O9. The summed E-state index contributed by atoms with van der Waals surface area (Å²) in [7, 11) is 0. The summed E-state index contributed by atoms with van der Waals surface area (Å²) in [6.45, 7) is 3.56. The highest BCUT2D eigenvalue weighted by Crippen LogP contribution is 2.08. The molecule has 0 aromatic heterocycles. The Hall–Kier alpha value is -3.26. The molecule has 0 aliphatic rings. The van der Waals surface area contributed by atoms with Gasteiger partial charge >= 0.3 is 17.9 Å². The summed E-state index contributed by atoms with van der Waals surface area (Å²) in [6, 6.07) is -4.99. The van der Waals surface area contributed by atoms with Crippen LogP contribution >= 0.6 is 0 Å². The molecule has 4 atom stereocenters. The smallest absolute Gasteiger partial charge is 0.326 e. The van der Waals surface area contributed by atoms with Crippen LogP contribution in [0.5, 0.6) is 0 Å². The van der Waals surface area contributed by atoms with Gasteiger partial charge < -0.3 is 42.7 Å². The lowest BCUT2D eigenvalue weighted by atomic mass is 10.0. The minimum atomic E-state index is -1.38. The van der Waals surface area contributed by atoms with Crippen molar-refractivity contribution in [2.24, 2.45) is 17.4 Å². The molecule has 0 rings (SSSR count). The van der Waals surface area contributed by atoms with Gasteiger partial charge in [0.1, 0.15) is 18.1 Å². The molecule has 0 bridgehead atoms. The van der Waals surface area contributed by atoms with Crippen molar-refractivity contribution < 1.29 is 44.1 Å². The third-order valence-corrected chi connectivity index (χ3v) is 5.09. The minimum absolute atomic E-state index is 0.0940. The zero-order valence-electron chi connectivity index (χ0n) is 20.0. The van der Waals surface area contributed by atoms with Crippen LogP contribution in [0.15, 0.2) is 0 Å². The zero-order chi connectivity index (χ0) is 27.1. The molecule has 0 aliphatic heterocycles. The Morgan fingerprint density at radius 2 is 1.26 bits per heavy atom. The average molecular weight is 504 g/mol. The Morgan fingerprint density at radius 1 is 0.714 bits per heavy atom. The molecule has 14 heteroatoms. The van der Waals surface area contributed by atoms with Crippen LogP contribution in [0.1, 0.15) is 58.8 Å². The Morgan fingerprint density at radius 3 is 1.74 bits per heavy atom. The summed E-state index contributed by atoms with van der Waals surface area (Å²) in [4.78, 5) is 71.1. The second-order valence-electron chi connectivity index (χ2n) is 8.45. The van der Waals surface area contributed by atoms with Gasteiger partial charge in [0, 0.05) is 12.8 Å². The molecule has 0 heterocycles. The van der Waals surface area contributed by atoms with Gasteiger partial charge in [-0.3, -0.25) is 24.0 Å². The van der Waals surface area contributed by atoms with E-state index in [1.165, 1.54) is 0 Å². The Kier molecular flexibility index (Phi) is 14.9. The molecule has 14 nitrogen and oxygen atoms in total. The molecule has 0 spiro atoms. The maximum absolute atomic E-state index is 12.9. The number of nitrogens with one attached hydrogen (secondary N) is 3. The number of carbonyl (C=O) groups excluding carboxylic acids is 3. The van der Waals surface area contributed by atoms with Gasteiger partial charge in [-0.15, -0.1) is 0 Å². The largest absolute Gasteiger partial charge is 0.481 e. The van der Waals surface area contributed by atoms with Gasteiger partial charge in [-0.25, -0.2) is 4.79 Å². The molecule has 35 heavy (non-hydrogen) atoms. The highest BCUT2D eigenvalue weighted by molar-refractivity contribution is 5.94. The lowest BCUT2D eigenvalue weighted by Gasteiger charge is -2.27. The summed E-state index contributed by atoms with van der Waals surface area (Å²) in [6.07, 6.45) is -0.233. The van der Waals surface area contributed by atoms with Crippen molar-refractivity contribution in [2.45, 2.75) is 83.0 Å². The number of carbonyl (C=O) groups is 6. The molecule has 0 saturated heterocycles. The number of aliphatic carboxylic acids is 3. The third kappa shape index (κ3) is 13.3. The van der Waals surface area contributed by atoms with Crippen molar-refractivity contribution in [3.8, 4) is 0 Å². The number of hydrogen-bond acceptors (Lipinski definition) is 8. The van der Waals surface area contributed by atoms with Crippen LogP contribution in [0.2, 0.25) is 0 Å².